The summed E-state index contributed by atoms with van der Waals surface area (Å²) in [6, 6.07) is 0. The summed E-state index contributed by atoms with van der Waals surface area (Å²) in [5.41, 5.74) is 0.627. The molecular weight excluding hydrogens is 200 g/mol. The van der Waals surface area contributed by atoms with E-state index in [0.717, 1.165) is 0 Å². The van der Waals surface area contributed by atoms with Gasteiger partial charge >= 0.3 is 0 Å². The van der Waals surface area contributed by atoms with Gasteiger partial charge in [-0.25, -0.2) is 4.21 Å². The molecule has 1 atom stereocenters. The number of aryl methyl sites for hydroxylation is 2. The molecule has 68 valence electrons. The number of aromatic nitrogens is 2. The van der Waals surface area contributed by atoms with E-state index in [2.05, 4.69) is 9.28 Å². The maximum atomic E-state index is 11.2. The van der Waals surface area contributed by atoms with Gasteiger partial charge in [-0.05, 0) is 6.92 Å². The zero-order valence-electron chi connectivity index (χ0n) is 7.00. The number of rotatable bonds is 2. The third-order valence-electron chi connectivity index (χ3n) is 1.42. The van der Waals surface area contributed by atoms with Gasteiger partial charge in [-0.3, -0.25) is 8.86 Å². The molecule has 1 heterocycles. The Morgan fingerprint density at radius 2 is 2.25 bits per heavy atom. The average molecular weight is 209 g/mol. The van der Waals surface area contributed by atoms with Crippen molar-refractivity contribution >= 4 is 22.7 Å². The highest BCUT2D eigenvalue weighted by molar-refractivity contribution is 7.80. The van der Waals surface area contributed by atoms with E-state index in [1.165, 1.54) is 11.8 Å². The van der Waals surface area contributed by atoms with Crippen LogP contribution in [0.4, 0.5) is 0 Å². The van der Waals surface area contributed by atoms with Gasteiger partial charge in [0, 0.05) is 7.05 Å². The fourth-order valence-corrected chi connectivity index (χ4v) is 1.97. The average Bonchev–Trinajstić information content (AvgIpc) is 2.26. The molecule has 0 aliphatic heterocycles. The van der Waals surface area contributed by atoms with Crippen LogP contribution in [-0.2, 0) is 22.3 Å². The topological polar surface area (TPSA) is 44.1 Å². The van der Waals surface area contributed by atoms with Crippen molar-refractivity contribution in [1.29, 1.82) is 0 Å². The molecule has 0 amide bonds. The second kappa shape index (κ2) is 3.55. The van der Waals surface area contributed by atoms with E-state index in [0.29, 0.717) is 15.7 Å². The van der Waals surface area contributed by atoms with Crippen molar-refractivity contribution in [2.75, 3.05) is 7.11 Å². The van der Waals surface area contributed by atoms with Crippen LogP contribution < -0.4 is 0 Å². The lowest BCUT2D eigenvalue weighted by Crippen LogP contribution is -1.94. The Kier molecular flexibility index (Phi) is 2.87. The molecular formula is C6H9ClN2O2S. The first kappa shape index (κ1) is 9.70. The van der Waals surface area contributed by atoms with Crippen LogP contribution >= 0.6 is 11.6 Å². The minimum Gasteiger partial charge on any atom is -0.290 e. The molecule has 12 heavy (non-hydrogen) atoms. The van der Waals surface area contributed by atoms with Gasteiger partial charge in [0.05, 0.1) is 12.8 Å². The maximum absolute atomic E-state index is 11.2. The third-order valence-corrected chi connectivity index (χ3v) is 3.09. The van der Waals surface area contributed by atoms with E-state index < -0.39 is 11.1 Å². The molecule has 1 rings (SSSR count). The molecule has 1 aromatic heterocycles. The summed E-state index contributed by atoms with van der Waals surface area (Å²) in [5, 5.41) is 4.35. The molecule has 6 heteroatoms. The fourth-order valence-electron chi connectivity index (χ4n) is 0.883. The molecule has 0 fully saturated rings. The molecule has 0 aliphatic carbocycles. The molecule has 0 aliphatic rings. The minimum atomic E-state index is -1.51. The maximum Gasteiger partial charge on any atom is 0.194 e. The van der Waals surface area contributed by atoms with Crippen LogP contribution in [0.1, 0.15) is 5.69 Å². The van der Waals surface area contributed by atoms with Crippen molar-refractivity contribution in [1.82, 2.24) is 9.78 Å². The molecule has 1 aromatic rings. The van der Waals surface area contributed by atoms with Gasteiger partial charge in [0.15, 0.2) is 11.1 Å². The zero-order valence-corrected chi connectivity index (χ0v) is 8.57. The van der Waals surface area contributed by atoms with Crippen molar-refractivity contribution in [2.24, 2.45) is 7.05 Å². The Bertz CT molecular complexity index is 324. The molecule has 0 bridgehead atoms. The predicted molar refractivity (Wildman–Crippen MR) is 46.4 cm³/mol. The van der Waals surface area contributed by atoms with Crippen molar-refractivity contribution in [3.05, 3.63) is 10.8 Å². The highest BCUT2D eigenvalue weighted by Gasteiger charge is 2.17. The number of halogens is 1. The number of nitrogens with zero attached hydrogens (tertiary/aromatic N) is 2. The Balaban J connectivity index is 3.22. The van der Waals surface area contributed by atoms with Crippen LogP contribution in [0.5, 0.6) is 0 Å². The number of hydrogen-bond acceptors (Lipinski definition) is 3. The largest absolute Gasteiger partial charge is 0.290 e. The standard InChI is InChI=1S/C6H9ClN2O2S/c1-4-5(12(10)11-3)6(7)9(2)8-4/h1-3H3. The van der Waals surface area contributed by atoms with Crippen LogP contribution in [0.25, 0.3) is 0 Å². The first-order valence-corrected chi connectivity index (χ1v) is 4.68. The van der Waals surface area contributed by atoms with Crippen molar-refractivity contribution in [2.45, 2.75) is 11.8 Å². The quantitative estimate of drug-likeness (QED) is 0.730. The van der Waals surface area contributed by atoms with E-state index in [1.54, 1.807) is 14.0 Å². The number of hydrogen-bond donors (Lipinski definition) is 0. The van der Waals surface area contributed by atoms with Crippen molar-refractivity contribution in [3.63, 3.8) is 0 Å². The van der Waals surface area contributed by atoms with Gasteiger partial charge in [0.2, 0.25) is 0 Å². The van der Waals surface area contributed by atoms with Gasteiger partial charge < -0.3 is 0 Å². The molecule has 0 saturated heterocycles. The second-order valence-corrected chi connectivity index (χ2v) is 3.80. The third kappa shape index (κ3) is 1.53. The minimum absolute atomic E-state index is 0.354. The van der Waals surface area contributed by atoms with E-state index in [-0.39, 0.29) is 0 Å². The monoisotopic (exact) mass is 208 g/mol. The summed E-state index contributed by atoms with van der Waals surface area (Å²) in [4.78, 5) is 0.446. The van der Waals surface area contributed by atoms with Gasteiger partial charge in [0.1, 0.15) is 10.0 Å². The highest BCUT2D eigenvalue weighted by atomic mass is 35.5. The van der Waals surface area contributed by atoms with E-state index in [9.17, 15) is 4.21 Å². The van der Waals surface area contributed by atoms with Gasteiger partial charge in [0.25, 0.3) is 0 Å². The molecule has 0 aromatic carbocycles. The summed E-state index contributed by atoms with van der Waals surface area (Å²) in [6.07, 6.45) is 0. The smallest absolute Gasteiger partial charge is 0.194 e. The Morgan fingerprint density at radius 1 is 1.67 bits per heavy atom. The lowest BCUT2D eigenvalue weighted by molar-refractivity contribution is 0.445. The van der Waals surface area contributed by atoms with Crippen molar-refractivity contribution in [3.8, 4) is 0 Å². The lowest BCUT2D eigenvalue weighted by Gasteiger charge is -1.96. The zero-order chi connectivity index (χ0) is 9.30. The van der Waals surface area contributed by atoms with E-state index in [1.807, 2.05) is 0 Å². The lowest BCUT2D eigenvalue weighted by atomic mass is 10.5. The van der Waals surface area contributed by atoms with Gasteiger partial charge in [-0.15, -0.1) is 0 Å². The summed E-state index contributed by atoms with van der Waals surface area (Å²) in [6.45, 7) is 1.73. The SMILES string of the molecule is COS(=O)c1c(C)nn(C)c1Cl. The normalized spacial score (nSPS) is 13.3. The predicted octanol–water partition coefficient (Wildman–Crippen LogP) is 1.05. The molecule has 0 spiro atoms. The molecule has 4 nitrogen and oxygen atoms in total. The fraction of sp³-hybridized carbons (Fsp3) is 0.500. The van der Waals surface area contributed by atoms with Crippen LogP contribution in [0.3, 0.4) is 0 Å². The van der Waals surface area contributed by atoms with Crippen molar-refractivity contribution < 1.29 is 8.39 Å². The van der Waals surface area contributed by atoms with Gasteiger partial charge in [-0.2, -0.15) is 5.10 Å². The van der Waals surface area contributed by atoms with Gasteiger partial charge in [-0.1, -0.05) is 11.6 Å². The Hall–Kier alpha value is -0.390. The molecule has 0 N–H and O–H groups in total. The molecule has 1 unspecified atom stereocenters. The van der Waals surface area contributed by atoms with E-state index >= 15 is 0 Å². The van der Waals surface area contributed by atoms with Crippen LogP contribution in [0.2, 0.25) is 5.15 Å². The summed E-state index contributed by atoms with van der Waals surface area (Å²) < 4.78 is 17.3. The van der Waals surface area contributed by atoms with E-state index in [4.69, 9.17) is 11.6 Å². The summed E-state index contributed by atoms with van der Waals surface area (Å²) >= 11 is 4.31. The van der Waals surface area contributed by atoms with Crippen LogP contribution in [0.15, 0.2) is 4.90 Å². The first-order chi connectivity index (χ1) is 5.57. The molecule has 0 radical (unpaired) electrons. The second-order valence-electron chi connectivity index (χ2n) is 2.23. The summed E-state index contributed by atoms with van der Waals surface area (Å²) in [5.74, 6) is 0. The van der Waals surface area contributed by atoms with Crippen LogP contribution in [0, 0.1) is 6.92 Å². The highest BCUT2D eigenvalue weighted by Crippen LogP contribution is 2.22. The summed E-state index contributed by atoms with van der Waals surface area (Å²) in [7, 11) is 3.05. The Morgan fingerprint density at radius 3 is 2.58 bits per heavy atom. The van der Waals surface area contributed by atoms with Crippen LogP contribution in [-0.4, -0.2) is 21.1 Å². The first-order valence-electron chi connectivity index (χ1n) is 3.23. The Labute approximate surface area is 78.1 Å². The molecule has 0 saturated carbocycles.